The Morgan fingerprint density at radius 1 is 1.00 bits per heavy atom. The van der Waals surface area contributed by atoms with Crippen LogP contribution in [0.2, 0.25) is 24.3 Å². The van der Waals surface area contributed by atoms with Crippen LogP contribution in [0.1, 0.15) is 27.7 Å². The van der Waals surface area contributed by atoms with Gasteiger partial charge in [-0.1, -0.05) is 25.9 Å². The van der Waals surface area contributed by atoms with Gasteiger partial charge >= 0.3 is 8.56 Å². The Labute approximate surface area is 103 Å². The van der Waals surface area contributed by atoms with Crippen LogP contribution in [0, 0.1) is 0 Å². The van der Waals surface area contributed by atoms with E-state index in [1.54, 1.807) is 0 Å². The summed E-state index contributed by atoms with van der Waals surface area (Å²) in [6.45, 7) is 16.5. The highest BCUT2D eigenvalue weighted by Gasteiger charge is 2.40. The number of hydrogen-bond donors (Lipinski definition) is 0. The van der Waals surface area contributed by atoms with Crippen molar-refractivity contribution in [1.82, 2.24) is 0 Å². The maximum Gasteiger partial charge on any atom is 0.332 e. The van der Waals surface area contributed by atoms with Crippen molar-refractivity contribution in [3.8, 4) is 0 Å². The van der Waals surface area contributed by atoms with E-state index in [1.165, 1.54) is 12.1 Å². The molecule has 0 saturated carbocycles. The lowest BCUT2D eigenvalue weighted by atomic mass is 10.9. The molecule has 0 N–H and O–H groups in total. The van der Waals surface area contributed by atoms with Crippen molar-refractivity contribution in [3.05, 3.63) is 12.3 Å². The first-order valence-electron chi connectivity index (χ1n) is 6.43. The molecule has 2 nitrogen and oxygen atoms in total. The smallest absolute Gasteiger partial charge is 0.332 e. The van der Waals surface area contributed by atoms with Gasteiger partial charge in [0.05, 0.1) is 8.07 Å². The molecule has 0 bridgehead atoms. The summed E-state index contributed by atoms with van der Waals surface area (Å²) in [6, 6.07) is 2.49. The first kappa shape index (κ1) is 16.1. The van der Waals surface area contributed by atoms with Crippen molar-refractivity contribution in [3.63, 3.8) is 0 Å². The Bertz CT molecular complexity index is 197. The molecule has 0 unspecified atom stereocenters. The number of rotatable bonds is 9. The van der Waals surface area contributed by atoms with E-state index in [0.717, 1.165) is 18.9 Å². The first-order valence-corrected chi connectivity index (χ1v) is 11.6. The maximum absolute atomic E-state index is 5.93. The second-order valence-corrected chi connectivity index (χ2v) is 13.3. The molecule has 0 aromatic heterocycles. The van der Waals surface area contributed by atoms with E-state index in [2.05, 4.69) is 46.5 Å². The quantitative estimate of drug-likeness (QED) is 0.586. The minimum Gasteiger partial charge on any atom is -0.395 e. The molecule has 0 aliphatic heterocycles. The monoisotopic (exact) mass is 260 g/mol. The number of hydrogen-bond acceptors (Lipinski definition) is 2. The van der Waals surface area contributed by atoms with Gasteiger partial charge in [0.25, 0.3) is 0 Å². The Hall–Kier alpha value is 0.0938. The van der Waals surface area contributed by atoms with Crippen LogP contribution in [0.25, 0.3) is 0 Å². The van der Waals surface area contributed by atoms with Crippen LogP contribution in [0.15, 0.2) is 12.3 Å². The lowest BCUT2D eigenvalue weighted by Crippen LogP contribution is -2.48. The third kappa shape index (κ3) is 4.53. The molecule has 0 saturated heterocycles. The second-order valence-electron chi connectivity index (χ2n) is 4.45. The Kier molecular flexibility index (Phi) is 7.47. The molecule has 0 atom stereocenters. The average Bonchev–Trinajstić information content (AvgIpc) is 2.27. The molecule has 0 heterocycles. The zero-order valence-electron chi connectivity index (χ0n) is 11.6. The van der Waals surface area contributed by atoms with E-state index >= 15 is 0 Å². The van der Waals surface area contributed by atoms with Gasteiger partial charge in [-0.15, -0.1) is 12.3 Å². The third-order valence-corrected chi connectivity index (χ3v) is 14.3. The zero-order chi connectivity index (χ0) is 12.7. The Morgan fingerprint density at radius 3 is 1.69 bits per heavy atom. The van der Waals surface area contributed by atoms with Gasteiger partial charge in [-0.3, -0.25) is 0 Å². The second kappa shape index (κ2) is 7.43. The molecule has 0 radical (unpaired) electrons. The van der Waals surface area contributed by atoms with Crippen LogP contribution in [-0.4, -0.2) is 29.8 Å². The fraction of sp³-hybridized carbons (Fsp3) is 0.833. The predicted octanol–water partition coefficient (Wildman–Crippen LogP) is 3.88. The highest BCUT2D eigenvalue weighted by atomic mass is 28.4. The molecule has 0 aliphatic carbocycles. The highest BCUT2D eigenvalue weighted by Crippen LogP contribution is 2.29. The van der Waals surface area contributed by atoms with Gasteiger partial charge in [0.2, 0.25) is 0 Å². The summed E-state index contributed by atoms with van der Waals surface area (Å²) in [4.78, 5) is 0. The summed E-state index contributed by atoms with van der Waals surface area (Å²) in [5.74, 6) is 0. The fourth-order valence-corrected chi connectivity index (χ4v) is 13.1. The van der Waals surface area contributed by atoms with Gasteiger partial charge in [-0.05, 0) is 26.1 Å². The first-order chi connectivity index (χ1) is 7.51. The Balaban J connectivity index is 4.75. The van der Waals surface area contributed by atoms with Crippen LogP contribution in [0.4, 0.5) is 0 Å². The van der Waals surface area contributed by atoms with Crippen LogP contribution in [0.5, 0.6) is 0 Å². The Morgan fingerprint density at radius 2 is 1.44 bits per heavy atom. The molecule has 0 rings (SSSR count). The van der Waals surface area contributed by atoms with Gasteiger partial charge in [0.15, 0.2) is 0 Å². The minimum atomic E-state index is -1.96. The summed E-state index contributed by atoms with van der Waals surface area (Å²) in [5.41, 5.74) is 3.38. The van der Waals surface area contributed by atoms with Gasteiger partial charge in [-0.2, -0.15) is 0 Å². The summed E-state index contributed by atoms with van der Waals surface area (Å²) in [5, 5.41) is 0. The van der Waals surface area contributed by atoms with Crippen molar-refractivity contribution < 1.29 is 8.85 Å². The van der Waals surface area contributed by atoms with Gasteiger partial charge in [-0.25, -0.2) is 0 Å². The molecule has 0 spiro atoms. The molecule has 0 aliphatic rings. The molecular formula is C12H28O2Si2. The molecule has 16 heavy (non-hydrogen) atoms. The van der Waals surface area contributed by atoms with E-state index in [0.29, 0.717) is 0 Å². The van der Waals surface area contributed by atoms with Crippen LogP contribution < -0.4 is 0 Å². The largest absolute Gasteiger partial charge is 0.395 e. The van der Waals surface area contributed by atoms with Crippen LogP contribution >= 0.6 is 0 Å². The van der Waals surface area contributed by atoms with Gasteiger partial charge in [0.1, 0.15) is 0 Å². The average molecular weight is 261 g/mol. The van der Waals surface area contributed by atoms with Crippen molar-refractivity contribution >= 4 is 16.6 Å². The fourth-order valence-electron chi connectivity index (χ4n) is 2.25. The molecule has 4 heteroatoms. The molecule has 96 valence electrons. The molecule has 0 aromatic carbocycles. The van der Waals surface area contributed by atoms with E-state index in [-0.39, 0.29) is 0 Å². The SMILES string of the molecule is C=C[Si](CC)(CC)C[Si](C)(OCC)OCC. The summed E-state index contributed by atoms with van der Waals surface area (Å²) >= 11 is 0. The molecule has 0 amide bonds. The van der Waals surface area contributed by atoms with E-state index in [1.807, 2.05) is 0 Å². The van der Waals surface area contributed by atoms with E-state index in [4.69, 9.17) is 8.85 Å². The maximum atomic E-state index is 5.93. The third-order valence-electron chi connectivity index (χ3n) is 3.41. The summed E-state index contributed by atoms with van der Waals surface area (Å²) in [6.07, 6.45) is 0. The minimum absolute atomic E-state index is 0.762. The zero-order valence-corrected chi connectivity index (χ0v) is 13.6. The van der Waals surface area contributed by atoms with Crippen molar-refractivity contribution in [1.29, 1.82) is 0 Å². The molecule has 0 fully saturated rings. The van der Waals surface area contributed by atoms with Gasteiger partial charge < -0.3 is 8.85 Å². The summed E-state index contributed by atoms with van der Waals surface area (Å²) < 4.78 is 11.9. The van der Waals surface area contributed by atoms with Crippen molar-refractivity contribution in [2.45, 2.75) is 52.0 Å². The summed E-state index contributed by atoms with van der Waals surface area (Å²) in [7, 11) is -3.31. The topological polar surface area (TPSA) is 18.5 Å². The van der Waals surface area contributed by atoms with Gasteiger partial charge in [0, 0.05) is 13.2 Å². The highest BCUT2D eigenvalue weighted by molar-refractivity contribution is 6.95. The molecular weight excluding hydrogens is 232 g/mol. The normalized spacial score (nSPS) is 12.8. The van der Waals surface area contributed by atoms with Crippen molar-refractivity contribution in [2.75, 3.05) is 13.2 Å². The van der Waals surface area contributed by atoms with Crippen LogP contribution in [0.3, 0.4) is 0 Å². The van der Waals surface area contributed by atoms with Crippen molar-refractivity contribution in [2.24, 2.45) is 0 Å². The van der Waals surface area contributed by atoms with E-state index < -0.39 is 16.6 Å². The van der Waals surface area contributed by atoms with E-state index in [9.17, 15) is 0 Å². The lowest BCUT2D eigenvalue weighted by molar-refractivity contribution is 0.193. The molecule has 0 aromatic rings. The van der Waals surface area contributed by atoms with Crippen LogP contribution in [-0.2, 0) is 8.85 Å². The standard InChI is InChI=1S/C12H28O2Si2/c1-7-13-15(6,14-8-2)12-16(9-3,10-4)11-5/h9H,3,7-8,10-12H2,1-2,4-6H3. The predicted molar refractivity (Wildman–Crippen MR) is 76.6 cm³/mol. The lowest BCUT2D eigenvalue weighted by Gasteiger charge is -2.35.